The molecule has 48 heavy (non-hydrogen) atoms. The van der Waals surface area contributed by atoms with Gasteiger partial charge in [0, 0.05) is 39.8 Å². The smallest absolute Gasteiger partial charge is 0.396 e. The van der Waals surface area contributed by atoms with Gasteiger partial charge in [0.05, 0.1) is 42.6 Å². The third-order valence-corrected chi connectivity index (χ3v) is 10.7. The van der Waals surface area contributed by atoms with Crippen molar-refractivity contribution < 1.29 is 23.2 Å². The first-order valence-corrected chi connectivity index (χ1v) is 18.1. The summed E-state index contributed by atoms with van der Waals surface area (Å²) in [4.78, 5) is 17.5. The molecular formula is C38H47N4O5P. The van der Waals surface area contributed by atoms with Crippen molar-refractivity contribution in [3.63, 3.8) is 0 Å². The minimum absolute atomic E-state index is 0.100. The van der Waals surface area contributed by atoms with Gasteiger partial charge in [0.25, 0.3) is 0 Å². The van der Waals surface area contributed by atoms with Crippen LogP contribution in [-0.4, -0.2) is 51.5 Å². The summed E-state index contributed by atoms with van der Waals surface area (Å²) in [6, 6.07) is 8.35. The Morgan fingerprint density at radius 1 is 0.750 bits per heavy atom. The quantitative estimate of drug-likeness (QED) is 0.115. The summed E-state index contributed by atoms with van der Waals surface area (Å²) < 4.78 is 29.2. The Kier molecular flexibility index (Phi) is 11.2. The molecule has 5 rings (SSSR count). The first-order chi connectivity index (χ1) is 23.1. The number of hydrogen-bond acceptors (Lipinski definition) is 7. The van der Waals surface area contributed by atoms with Crippen molar-refractivity contribution in [3.8, 4) is 0 Å². The fourth-order valence-corrected chi connectivity index (χ4v) is 7.62. The summed E-state index contributed by atoms with van der Waals surface area (Å²) in [7, 11) is -3.61. The normalized spacial score (nSPS) is 13.5. The van der Waals surface area contributed by atoms with Crippen LogP contribution in [-0.2, 0) is 24.6 Å². The van der Waals surface area contributed by atoms with E-state index in [1.807, 2.05) is 12.2 Å². The molecule has 3 aromatic heterocycles. The zero-order valence-corrected chi connectivity index (χ0v) is 29.9. The molecule has 0 aromatic carbocycles. The molecule has 8 bridgehead atoms. The summed E-state index contributed by atoms with van der Waals surface area (Å²) in [5.41, 5.74) is 15.7. The van der Waals surface area contributed by atoms with Crippen LogP contribution in [0.3, 0.4) is 0 Å². The second kappa shape index (κ2) is 15.1. The van der Waals surface area contributed by atoms with Crippen LogP contribution in [0.4, 0.5) is 0 Å². The molecule has 2 aliphatic heterocycles. The molecule has 3 N–H and O–H groups in total. The van der Waals surface area contributed by atoms with Crippen molar-refractivity contribution in [1.29, 1.82) is 0 Å². The van der Waals surface area contributed by atoms with Crippen molar-refractivity contribution in [2.45, 2.75) is 67.2 Å². The minimum atomic E-state index is -3.61. The van der Waals surface area contributed by atoms with Crippen molar-refractivity contribution in [2.24, 2.45) is 0 Å². The Balaban J connectivity index is 1.74. The number of allylic oxidation sites excluding steroid dienone is 5. The number of hydrogen-bond donors (Lipinski definition) is 3. The van der Waals surface area contributed by atoms with Gasteiger partial charge in [0.15, 0.2) is 0 Å². The zero-order chi connectivity index (χ0) is 34.6. The molecule has 254 valence electrons. The molecule has 0 radical (unpaired) electrons. The van der Waals surface area contributed by atoms with Crippen molar-refractivity contribution in [3.05, 3.63) is 88.5 Å². The molecular weight excluding hydrogens is 623 g/mol. The number of fused-ring (bicyclic) bond motifs is 8. The van der Waals surface area contributed by atoms with E-state index in [0.29, 0.717) is 25.7 Å². The number of nitrogens with zero attached hydrogens (tertiary/aromatic N) is 2. The van der Waals surface area contributed by atoms with Gasteiger partial charge in [-0.1, -0.05) is 25.3 Å². The van der Waals surface area contributed by atoms with E-state index in [1.165, 1.54) is 0 Å². The van der Waals surface area contributed by atoms with E-state index in [-0.39, 0.29) is 26.4 Å². The van der Waals surface area contributed by atoms with Gasteiger partial charge in [-0.2, -0.15) is 0 Å². The molecule has 0 fully saturated rings. The number of aliphatic hydroxyl groups is 1. The largest absolute Gasteiger partial charge is 0.474 e. The highest BCUT2D eigenvalue weighted by molar-refractivity contribution is 7.48. The SMILES string of the molecule is C=CC1=C(C)c2cc3[nH]c(cc4nc(cc5[nH]c(cc1n2)c(C)c5C=C)C(C)=C4CCCOP(=O)(OCC)OCC)c(CCCO)c3C. The second-order valence-electron chi connectivity index (χ2n) is 12.0. The highest BCUT2D eigenvalue weighted by Crippen LogP contribution is 2.49. The van der Waals surface area contributed by atoms with Crippen LogP contribution in [0.5, 0.6) is 0 Å². The third-order valence-electron chi connectivity index (χ3n) is 9.02. The first-order valence-electron chi connectivity index (χ1n) is 16.6. The van der Waals surface area contributed by atoms with Crippen LogP contribution < -0.4 is 0 Å². The number of aryl methyl sites for hydroxylation is 3. The maximum Gasteiger partial charge on any atom is 0.474 e. The highest BCUT2D eigenvalue weighted by atomic mass is 31.2. The topological polar surface area (TPSA) is 122 Å². The lowest BCUT2D eigenvalue weighted by atomic mass is 10.0. The fraction of sp³-hybridized carbons (Fsp3) is 0.368. The molecule has 0 saturated heterocycles. The number of phosphoric acid groups is 1. The van der Waals surface area contributed by atoms with Gasteiger partial charge in [-0.15, -0.1) is 0 Å². The van der Waals surface area contributed by atoms with E-state index >= 15 is 0 Å². The Morgan fingerprint density at radius 3 is 2.02 bits per heavy atom. The van der Waals surface area contributed by atoms with Crippen LogP contribution >= 0.6 is 7.82 Å². The van der Waals surface area contributed by atoms with Crippen molar-refractivity contribution in [2.75, 3.05) is 26.4 Å². The second-order valence-corrected chi connectivity index (χ2v) is 13.7. The molecule has 0 amide bonds. The number of aromatic nitrogens is 4. The lowest BCUT2D eigenvalue weighted by molar-refractivity contribution is 0.121. The Bertz CT molecular complexity index is 2010. The third kappa shape index (κ3) is 7.12. The van der Waals surface area contributed by atoms with Gasteiger partial charge in [-0.3, -0.25) is 13.6 Å². The molecule has 9 nitrogen and oxygen atoms in total. The van der Waals surface area contributed by atoms with Gasteiger partial charge in [-0.05, 0) is 125 Å². The van der Waals surface area contributed by atoms with E-state index < -0.39 is 7.82 Å². The molecule has 3 aromatic rings. The molecule has 2 aliphatic rings. The Morgan fingerprint density at radius 2 is 1.35 bits per heavy atom. The van der Waals surface area contributed by atoms with Crippen molar-refractivity contribution >= 4 is 58.3 Å². The highest BCUT2D eigenvalue weighted by Gasteiger charge is 2.26. The minimum Gasteiger partial charge on any atom is -0.396 e. The lowest BCUT2D eigenvalue weighted by Crippen LogP contribution is -2.01. The number of H-pyrrole nitrogens is 2. The summed E-state index contributed by atoms with van der Waals surface area (Å²) in [5.74, 6) is 0. The molecule has 0 unspecified atom stereocenters. The predicted molar refractivity (Wildman–Crippen MR) is 197 cm³/mol. The fourth-order valence-electron chi connectivity index (χ4n) is 6.41. The summed E-state index contributed by atoms with van der Waals surface area (Å²) in [6.07, 6.45) is 6.32. The maximum atomic E-state index is 12.9. The van der Waals surface area contributed by atoms with E-state index in [4.69, 9.17) is 23.5 Å². The average Bonchev–Trinajstić information content (AvgIpc) is 3.71. The van der Waals surface area contributed by atoms with Gasteiger partial charge >= 0.3 is 7.82 Å². The van der Waals surface area contributed by atoms with Crippen LogP contribution in [0.15, 0.2) is 43.5 Å². The van der Waals surface area contributed by atoms with Gasteiger partial charge in [0.2, 0.25) is 0 Å². The number of aliphatic hydroxyl groups excluding tert-OH is 1. The summed E-state index contributed by atoms with van der Waals surface area (Å²) in [5, 5.41) is 9.73. The number of nitrogens with one attached hydrogen (secondary N) is 2. The van der Waals surface area contributed by atoms with Crippen LogP contribution in [0.2, 0.25) is 0 Å². The molecule has 0 spiro atoms. The molecule has 10 heteroatoms. The van der Waals surface area contributed by atoms with Crippen molar-refractivity contribution in [1.82, 2.24) is 19.9 Å². The number of rotatable bonds is 14. The van der Waals surface area contributed by atoms with Gasteiger partial charge < -0.3 is 15.1 Å². The van der Waals surface area contributed by atoms with Crippen LogP contribution in [0, 0.1) is 13.8 Å². The summed E-state index contributed by atoms with van der Waals surface area (Å²) >= 11 is 0. The monoisotopic (exact) mass is 670 g/mol. The van der Waals surface area contributed by atoms with E-state index in [1.54, 1.807) is 13.8 Å². The van der Waals surface area contributed by atoms with E-state index in [2.05, 4.69) is 75.1 Å². The first kappa shape index (κ1) is 35.5. The standard InChI is InChI=1S/C38H47N4O5P/c1-9-27-23(5)31-19-32-25(7)29(15-13-17-43)37(41-32)22-38-30(16-14-18-47-48(44,45-11-3)46-12-4)26(8)34(42-38)21-36-28(10-2)24(6)33(40-36)20-35(27)39-31/h9-10,19-22,40-41,43H,1-2,11-18H2,3-8H3. The average molecular weight is 671 g/mol. The van der Waals surface area contributed by atoms with Crippen LogP contribution in [0.25, 0.3) is 50.4 Å². The maximum absolute atomic E-state index is 12.9. The Labute approximate surface area is 283 Å². The van der Waals surface area contributed by atoms with Gasteiger partial charge in [-0.25, -0.2) is 14.5 Å². The van der Waals surface area contributed by atoms with Gasteiger partial charge in [0.1, 0.15) is 0 Å². The van der Waals surface area contributed by atoms with E-state index in [0.717, 1.165) is 89.4 Å². The Hall–Kier alpha value is -3.85. The predicted octanol–water partition coefficient (Wildman–Crippen LogP) is 9.52. The molecule has 5 heterocycles. The zero-order valence-electron chi connectivity index (χ0n) is 29.0. The summed E-state index contributed by atoms with van der Waals surface area (Å²) in [6.45, 7) is 20.8. The number of phosphoric ester groups is 1. The number of aromatic amines is 2. The molecule has 0 saturated carbocycles. The lowest BCUT2D eigenvalue weighted by Gasteiger charge is -2.16. The van der Waals surface area contributed by atoms with E-state index in [9.17, 15) is 9.67 Å². The molecule has 0 aliphatic carbocycles. The van der Waals surface area contributed by atoms with Crippen LogP contribution in [0.1, 0.15) is 92.0 Å². The molecule has 0 atom stereocenters.